The van der Waals surface area contributed by atoms with Crippen LogP contribution in [-0.2, 0) is 19.4 Å². The van der Waals surface area contributed by atoms with Gasteiger partial charge in [-0.2, -0.15) is 0 Å². The van der Waals surface area contributed by atoms with E-state index in [9.17, 15) is 9.59 Å². The number of benzene rings is 2. The molecule has 0 atom stereocenters. The van der Waals surface area contributed by atoms with Gasteiger partial charge in [0, 0.05) is 6.54 Å². The van der Waals surface area contributed by atoms with Gasteiger partial charge in [0.25, 0.3) is 5.56 Å². The van der Waals surface area contributed by atoms with E-state index in [-0.39, 0.29) is 11.2 Å². The van der Waals surface area contributed by atoms with Crippen LogP contribution in [0.5, 0.6) is 0 Å². The molecular weight excluding hydrogens is 324 g/mol. The summed E-state index contributed by atoms with van der Waals surface area (Å²) in [5, 5.41) is 0.594. The van der Waals surface area contributed by atoms with Crippen LogP contribution in [-0.4, -0.2) is 9.13 Å². The van der Waals surface area contributed by atoms with Crippen LogP contribution in [0.3, 0.4) is 0 Å². The first-order valence-electron chi connectivity index (χ1n) is 9.49. The second kappa shape index (κ2) is 7.73. The Morgan fingerprint density at radius 2 is 1.50 bits per heavy atom. The standard InChI is InChI=1S/C22H26N2O2/c1-4-7-15-23-19-14-9-8-13-18(19)21(25)24(22(23)26)20-16(5-2)11-10-12-17(20)6-3/h8-14H,4-7,15H2,1-3H3. The number of rotatable bonds is 6. The molecule has 1 aromatic heterocycles. The molecule has 0 N–H and O–H groups in total. The lowest BCUT2D eigenvalue weighted by molar-refractivity contribution is 0.601. The zero-order valence-electron chi connectivity index (χ0n) is 15.8. The van der Waals surface area contributed by atoms with Crippen LogP contribution in [0.2, 0.25) is 0 Å². The van der Waals surface area contributed by atoms with Crippen LogP contribution in [0.1, 0.15) is 44.7 Å². The molecule has 3 aromatic rings. The van der Waals surface area contributed by atoms with Crippen molar-refractivity contribution in [2.45, 2.75) is 53.0 Å². The average molecular weight is 350 g/mol. The van der Waals surface area contributed by atoms with Gasteiger partial charge in [-0.1, -0.05) is 57.5 Å². The molecule has 0 unspecified atom stereocenters. The van der Waals surface area contributed by atoms with Crippen molar-refractivity contribution in [3.05, 3.63) is 74.4 Å². The van der Waals surface area contributed by atoms with Crippen LogP contribution < -0.4 is 11.2 Å². The van der Waals surface area contributed by atoms with Crippen molar-refractivity contribution in [2.24, 2.45) is 0 Å². The largest absolute Gasteiger partial charge is 0.336 e. The van der Waals surface area contributed by atoms with Gasteiger partial charge in [0.2, 0.25) is 0 Å². The van der Waals surface area contributed by atoms with Gasteiger partial charge in [0.05, 0.1) is 16.6 Å². The molecule has 4 heteroatoms. The number of nitrogens with zero attached hydrogens (tertiary/aromatic N) is 2. The van der Waals surface area contributed by atoms with E-state index in [2.05, 4.69) is 20.8 Å². The van der Waals surface area contributed by atoms with Gasteiger partial charge in [-0.15, -0.1) is 0 Å². The summed E-state index contributed by atoms with van der Waals surface area (Å²) >= 11 is 0. The number of unbranched alkanes of at least 4 members (excludes halogenated alkanes) is 1. The molecule has 26 heavy (non-hydrogen) atoms. The fourth-order valence-corrected chi connectivity index (χ4v) is 3.55. The van der Waals surface area contributed by atoms with E-state index < -0.39 is 0 Å². The van der Waals surface area contributed by atoms with E-state index in [1.165, 1.54) is 4.57 Å². The van der Waals surface area contributed by atoms with E-state index in [0.717, 1.165) is 48.0 Å². The lowest BCUT2D eigenvalue weighted by atomic mass is 10.0. The predicted molar refractivity (Wildman–Crippen MR) is 107 cm³/mol. The third-order valence-electron chi connectivity index (χ3n) is 4.97. The Labute approximate surface area is 153 Å². The number of hydrogen-bond acceptors (Lipinski definition) is 2. The summed E-state index contributed by atoms with van der Waals surface area (Å²) in [5.41, 5.74) is 3.08. The summed E-state index contributed by atoms with van der Waals surface area (Å²) in [5.74, 6) is 0. The molecule has 0 bridgehead atoms. The Hall–Kier alpha value is -2.62. The zero-order chi connectivity index (χ0) is 18.7. The van der Waals surface area contributed by atoms with E-state index in [4.69, 9.17) is 0 Å². The highest BCUT2D eigenvalue weighted by Crippen LogP contribution is 2.20. The van der Waals surface area contributed by atoms with Crippen molar-refractivity contribution in [2.75, 3.05) is 0 Å². The highest BCUT2D eigenvalue weighted by Gasteiger charge is 2.18. The molecule has 136 valence electrons. The van der Waals surface area contributed by atoms with E-state index in [0.29, 0.717) is 11.9 Å². The lowest BCUT2D eigenvalue weighted by Crippen LogP contribution is -2.40. The number of hydrogen-bond donors (Lipinski definition) is 0. The van der Waals surface area contributed by atoms with E-state index >= 15 is 0 Å². The van der Waals surface area contributed by atoms with Crippen LogP contribution in [0.25, 0.3) is 16.6 Å². The van der Waals surface area contributed by atoms with Gasteiger partial charge in [-0.05, 0) is 42.5 Å². The number of para-hydroxylation sites is 2. The Bertz CT molecular complexity index is 1020. The minimum atomic E-state index is -0.238. The van der Waals surface area contributed by atoms with Crippen LogP contribution in [0, 0.1) is 0 Å². The average Bonchev–Trinajstić information content (AvgIpc) is 2.68. The second-order valence-corrected chi connectivity index (χ2v) is 6.58. The summed E-state index contributed by atoms with van der Waals surface area (Å²) in [4.78, 5) is 26.6. The highest BCUT2D eigenvalue weighted by atomic mass is 16.2. The minimum absolute atomic E-state index is 0.228. The molecule has 0 saturated heterocycles. The minimum Gasteiger partial charge on any atom is -0.293 e. The van der Waals surface area contributed by atoms with Crippen LogP contribution in [0.4, 0.5) is 0 Å². The third-order valence-corrected chi connectivity index (χ3v) is 4.97. The molecule has 0 saturated carbocycles. The normalized spacial score (nSPS) is 11.2. The predicted octanol–water partition coefficient (Wildman–Crippen LogP) is 4.08. The molecule has 0 aliphatic rings. The van der Waals surface area contributed by atoms with Crippen molar-refractivity contribution in [1.82, 2.24) is 9.13 Å². The van der Waals surface area contributed by atoms with Gasteiger partial charge in [0.15, 0.2) is 0 Å². The van der Waals surface area contributed by atoms with Crippen molar-refractivity contribution in [3.8, 4) is 5.69 Å². The van der Waals surface area contributed by atoms with E-state index in [1.54, 1.807) is 4.57 Å². The molecule has 0 amide bonds. The van der Waals surface area contributed by atoms with Crippen LogP contribution in [0.15, 0.2) is 52.1 Å². The molecule has 0 aliphatic heterocycles. The van der Waals surface area contributed by atoms with Gasteiger partial charge in [0.1, 0.15) is 0 Å². The molecule has 0 fully saturated rings. The fraction of sp³-hybridized carbons (Fsp3) is 0.364. The van der Waals surface area contributed by atoms with Crippen molar-refractivity contribution in [1.29, 1.82) is 0 Å². The Balaban J connectivity index is 2.46. The second-order valence-electron chi connectivity index (χ2n) is 6.58. The first kappa shape index (κ1) is 18.2. The van der Waals surface area contributed by atoms with Gasteiger partial charge >= 0.3 is 5.69 Å². The van der Waals surface area contributed by atoms with Crippen LogP contribution >= 0.6 is 0 Å². The van der Waals surface area contributed by atoms with Crippen molar-refractivity contribution >= 4 is 10.9 Å². The topological polar surface area (TPSA) is 44.0 Å². The monoisotopic (exact) mass is 350 g/mol. The molecule has 0 radical (unpaired) electrons. The quantitative estimate of drug-likeness (QED) is 0.672. The maximum absolute atomic E-state index is 13.4. The molecular formula is C22H26N2O2. The SMILES string of the molecule is CCCCn1c(=O)n(-c2c(CC)cccc2CC)c(=O)c2ccccc21. The zero-order valence-corrected chi connectivity index (χ0v) is 15.8. The molecule has 1 heterocycles. The smallest absolute Gasteiger partial charge is 0.293 e. The molecule has 2 aromatic carbocycles. The van der Waals surface area contributed by atoms with Gasteiger partial charge < -0.3 is 0 Å². The van der Waals surface area contributed by atoms with E-state index in [1.807, 2.05) is 42.5 Å². The summed E-state index contributed by atoms with van der Waals surface area (Å²) in [7, 11) is 0. The first-order chi connectivity index (χ1) is 12.6. The van der Waals surface area contributed by atoms with Crippen molar-refractivity contribution in [3.63, 3.8) is 0 Å². The molecule has 3 rings (SSSR count). The fourth-order valence-electron chi connectivity index (χ4n) is 3.55. The Morgan fingerprint density at radius 1 is 0.846 bits per heavy atom. The van der Waals surface area contributed by atoms with Gasteiger partial charge in [-0.3, -0.25) is 9.36 Å². The summed E-state index contributed by atoms with van der Waals surface area (Å²) < 4.78 is 3.15. The summed E-state index contributed by atoms with van der Waals surface area (Å²) in [6.07, 6.45) is 3.44. The molecule has 0 aliphatic carbocycles. The van der Waals surface area contributed by atoms with Crippen molar-refractivity contribution < 1.29 is 0 Å². The number of aryl methyl sites for hydroxylation is 3. The number of aromatic nitrogens is 2. The lowest BCUT2D eigenvalue weighted by Gasteiger charge is -2.18. The Morgan fingerprint density at radius 3 is 2.12 bits per heavy atom. The summed E-state index contributed by atoms with van der Waals surface area (Å²) in [6.45, 7) is 6.83. The maximum Gasteiger partial charge on any atom is 0.336 e. The maximum atomic E-state index is 13.4. The highest BCUT2D eigenvalue weighted by molar-refractivity contribution is 5.78. The summed E-state index contributed by atoms with van der Waals surface area (Å²) in [6, 6.07) is 13.4. The number of fused-ring (bicyclic) bond motifs is 1. The third kappa shape index (κ3) is 3.00. The Kier molecular flexibility index (Phi) is 5.40. The first-order valence-corrected chi connectivity index (χ1v) is 9.49. The molecule has 0 spiro atoms. The molecule has 4 nitrogen and oxygen atoms in total. The van der Waals surface area contributed by atoms with Gasteiger partial charge in [-0.25, -0.2) is 9.36 Å².